The number of unbranched alkanes of at least 4 members (excludes halogenated alkanes) is 1. The van der Waals surface area contributed by atoms with E-state index in [0.717, 1.165) is 29.5 Å². The highest BCUT2D eigenvalue weighted by Gasteiger charge is 2.23. The van der Waals surface area contributed by atoms with Crippen LogP contribution in [0.3, 0.4) is 0 Å². The van der Waals surface area contributed by atoms with Gasteiger partial charge in [-0.1, -0.05) is 42.8 Å². The molecule has 0 bridgehead atoms. The second kappa shape index (κ2) is 12.9. The molecule has 0 aliphatic heterocycles. The molecular weight excluding hydrogens is 428 g/mol. The van der Waals surface area contributed by atoms with E-state index < -0.39 is 18.1 Å². The van der Waals surface area contributed by atoms with Crippen LogP contribution in [0.25, 0.3) is 11.1 Å². The van der Waals surface area contributed by atoms with Crippen molar-refractivity contribution in [3.05, 3.63) is 47.5 Å². The molecule has 0 saturated heterocycles. The van der Waals surface area contributed by atoms with Crippen LogP contribution in [0.2, 0.25) is 0 Å². The molecule has 0 aliphatic rings. The topological polar surface area (TPSA) is 116 Å². The van der Waals surface area contributed by atoms with Gasteiger partial charge < -0.3 is 29.5 Å². The first-order valence-corrected chi connectivity index (χ1v) is 10.5. The molecular formula is C24H30N2O7. The molecule has 9 nitrogen and oxygen atoms in total. The third kappa shape index (κ3) is 7.13. The highest BCUT2D eigenvalue weighted by Crippen LogP contribution is 2.39. The van der Waals surface area contributed by atoms with Crippen LogP contribution in [0.1, 0.15) is 30.9 Å². The normalized spacial score (nSPS) is 11.6. The number of ether oxygens (including phenoxy) is 4. The third-order valence-electron chi connectivity index (χ3n) is 4.93. The van der Waals surface area contributed by atoms with E-state index >= 15 is 0 Å². The molecule has 33 heavy (non-hydrogen) atoms. The lowest BCUT2D eigenvalue weighted by molar-refractivity contribution is -0.143. The number of nitrogens with one attached hydrogen (secondary N) is 1. The number of rotatable bonds is 11. The molecule has 9 heteroatoms. The van der Waals surface area contributed by atoms with E-state index in [2.05, 4.69) is 10.5 Å². The van der Waals surface area contributed by atoms with Gasteiger partial charge in [0.1, 0.15) is 17.5 Å². The van der Waals surface area contributed by atoms with Gasteiger partial charge in [0.25, 0.3) is 0 Å². The number of esters is 1. The van der Waals surface area contributed by atoms with Crippen LogP contribution in [0, 0.1) is 0 Å². The summed E-state index contributed by atoms with van der Waals surface area (Å²) in [5.74, 6) is 0.526. The Kier molecular flexibility index (Phi) is 10.0. The molecule has 0 saturated carbocycles. The maximum atomic E-state index is 12.2. The Morgan fingerprint density at radius 1 is 1.09 bits per heavy atom. The summed E-state index contributed by atoms with van der Waals surface area (Å²) in [6, 6.07) is 10.00. The van der Waals surface area contributed by atoms with Crippen molar-refractivity contribution in [1.82, 2.24) is 5.32 Å². The predicted molar refractivity (Wildman–Crippen MR) is 123 cm³/mol. The second-order valence-corrected chi connectivity index (χ2v) is 7.16. The minimum atomic E-state index is -0.879. The van der Waals surface area contributed by atoms with Crippen LogP contribution in [0.5, 0.6) is 11.5 Å². The molecule has 2 aromatic carbocycles. The van der Waals surface area contributed by atoms with E-state index in [-0.39, 0.29) is 13.0 Å². The van der Waals surface area contributed by atoms with Crippen LogP contribution < -0.4 is 14.8 Å². The standard InChI is InChI=1S/C24H30N2O7/c1-5-6-11-33-24(28)26-19(23(27)32-4)12-16-7-9-18(10-8-16)22-20(30-2)13-17(15-25-29)14-21(22)31-3/h7-10,13-15,19,29H,5-6,11-12H2,1-4H3,(H,26,28). The van der Waals surface area contributed by atoms with Crippen molar-refractivity contribution in [3.8, 4) is 22.6 Å². The second-order valence-electron chi connectivity index (χ2n) is 7.16. The molecule has 0 aliphatic carbocycles. The zero-order valence-electron chi connectivity index (χ0n) is 19.3. The highest BCUT2D eigenvalue weighted by molar-refractivity contribution is 5.86. The molecule has 1 unspecified atom stereocenters. The number of carbonyl (C=O) groups excluding carboxylic acids is 2. The quantitative estimate of drug-likeness (QED) is 0.173. The number of hydrogen-bond acceptors (Lipinski definition) is 8. The van der Waals surface area contributed by atoms with Gasteiger partial charge in [-0.3, -0.25) is 0 Å². The fraction of sp³-hybridized carbons (Fsp3) is 0.375. The summed E-state index contributed by atoms with van der Waals surface area (Å²) < 4.78 is 20.9. The summed E-state index contributed by atoms with van der Waals surface area (Å²) in [6.07, 6.45) is 2.50. The monoisotopic (exact) mass is 458 g/mol. The van der Waals surface area contributed by atoms with E-state index in [1.165, 1.54) is 13.3 Å². The first-order valence-electron chi connectivity index (χ1n) is 10.5. The average molecular weight is 459 g/mol. The van der Waals surface area contributed by atoms with E-state index in [0.29, 0.717) is 17.1 Å². The van der Waals surface area contributed by atoms with Crippen LogP contribution in [-0.2, 0) is 20.7 Å². The summed E-state index contributed by atoms with van der Waals surface area (Å²) in [4.78, 5) is 24.2. The molecule has 2 N–H and O–H groups in total. The fourth-order valence-electron chi connectivity index (χ4n) is 3.23. The van der Waals surface area contributed by atoms with E-state index in [1.54, 1.807) is 26.4 Å². The fourth-order valence-corrected chi connectivity index (χ4v) is 3.23. The lowest BCUT2D eigenvalue weighted by atomic mass is 9.98. The summed E-state index contributed by atoms with van der Waals surface area (Å²) in [7, 11) is 4.35. The Balaban J connectivity index is 2.24. The number of hydrogen-bond donors (Lipinski definition) is 2. The van der Waals surface area contributed by atoms with Crippen LogP contribution >= 0.6 is 0 Å². The number of amides is 1. The van der Waals surface area contributed by atoms with Crippen molar-refractivity contribution in [3.63, 3.8) is 0 Å². The molecule has 178 valence electrons. The van der Waals surface area contributed by atoms with Gasteiger partial charge in [0, 0.05) is 12.0 Å². The zero-order chi connectivity index (χ0) is 24.2. The Morgan fingerprint density at radius 3 is 2.24 bits per heavy atom. The van der Waals surface area contributed by atoms with Crippen LogP contribution in [0.4, 0.5) is 4.79 Å². The lowest BCUT2D eigenvalue weighted by Gasteiger charge is -2.17. The maximum Gasteiger partial charge on any atom is 0.407 e. The van der Waals surface area contributed by atoms with Gasteiger partial charge in [-0.15, -0.1) is 0 Å². The molecule has 1 atom stereocenters. The minimum Gasteiger partial charge on any atom is -0.496 e. The largest absolute Gasteiger partial charge is 0.496 e. The Labute approximate surface area is 193 Å². The first kappa shape index (κ1) is 25.5. The summed E-state index contributed by atoms with van der Waals surface area (Å²) in [5.41, 5.74) is 2.97. The van der Waals surface area contributed by atoms with Crippen molar-refractivity contribution in [2.75, 3.05) is 27.9 Å². The van der Waals surface area contributed by atoms with Gasteiger partial charge in [0.15, 0.2) is 0 Å². The molecule has 1 amide bonds. The van der Waals surface area contributed by atoms with Gasteiger partial charge in [0.2, 0.25) is 0 Å². The molecule has 0 spiro atoms. The van der Waals surface area contributed by atoms with Gasteiger partial charge in [0.05, 0.1) is 39.7 Å². The molecule has 0 aromatic heterocycles. The van der Waals surface area contributed by atoms with Gasteiger partial charge in [-0.05, 0) is 29.7 Å². The number of carbonyl (C=O) groups is 2. The van der Waals surface area contributed by atoms with Crippen molar-refractivity contribution in [2.24, 2.45) is 5.16 Å². The molecule has 2 aromatic rings. The van der Waals surface area contributed by atoms with E-state index in [1.807, 2.05) is 31.2 Å². The summed E-state index contributed by atoms with van der Waals surface area (Å²) in [5, 5.41) is 14.4. The van der Waals surface area contributed by atoms with Crippen molar-refractivity contribution < 1.29 is 33.7 Å². The Hall–Kier alpha value is -3.75. The SMILES string of the molecule is CCCCOC(=O)NC(Cc1ccc(-c2c(OC)cc(C=NO)cc2OC)cc1)C(=O)OC. The van der Waals surface area contributed by atoms with Crippen LogP contribution in [0.15, 0.2) is 41.6 Å². The molecule has 0 radical (unpaired) electrons. The summed E-state index contributed by atoms with van der Waals surface area (Å²) >= 11 is 0. The molecule has 2 rings (SSSR count). The van der Waals surface area contributed by atoms with E-state index in [4.69, 9.17) is 24.2 Å². The minimum absolute atomic E-state index is 0.232. The Bertz CT molecular complexity index is 933. The zero-order valence-corrected chi connectivity index (χ0v) is 19.3. The number of alkyl carbamates (subject to hydrolysis) is 1. The smallest absolute Gasteiger partial charge is 0.407 e. The number of methoxy groups -OCH3 is 3. The van der Waals surface area contributed by atoms with Crippen molar-refractivity contribution >= 4 is 18.3 Å². The number of benzene rings is 2. The van der Waals surface area contributed by atoms with Crippen molar-refractivity contribution in [2.45, 2.75) is 32.2 Å². The first-order chi connectivity index (χ1) is 16.0. The Morgan fingerprint density at radius 2 is 1.73 bits per heavy atom. The molecule has 0 heterocycles. The van der Waals surface area contributed by atoms with E-state index in [9.17, 15) is 9.59 Å². The molecule has 0 fully saturated rings. The van der Waals surface area contributed by atoms with Gasteiger partial charge in [-0.25, -0.2) is 9.59 Å². The predicted octanol–water partition coefficient (Wildman–Crippen LogP) is 3.79. The lowest BCUT2D eigenvalue weighted by Crippen LogP contribution is -2.43. The van der Waals surface area contributed by atoms with Gasteiger partial charge >= 0.3 is 12.1 Å². The van der Waals surface area contributed by atoms with Crippen LogP contribution in [-0.4, -0.2) is 57.5 Å². The van der Waals surface area contributed by atoms with Crippen molar-refractivity contribution in [1.29, 1.82) is 0 Å². The number of nitrogens with zero attached hydrogens (tertiary/aromatic N) is 1. The third-order valence-corrected chi connectivity index (χ3v) is 4.93. The maximum absolute atomic E-state index is 12.2. The van der Waals surface area contributed by atoms with Gasteiger partial charge in [-0.2, -0.15) is 0 Å². The number of oxime groups is 1. The highest BCUT2D eigenvalue weighted by atomic mass is 16.6. The summed E-state index contributed by atoms with van der Waals surface area (Å²) in [6.45, 7) is 2.28. The average Bonchev–Trinajstić information content (AvgIpc) is 2.83.